The molecule has 1 aromatic carbocycles. The Morgan fingerprint density at radius 1 is 1.39 bits per heavy atom. The number of rotatable bonds is 5. The Morgan fingerprint density at radius 3 is 2.96 bits per heavy atom. The quantitative estimate of drug-likeness (QED) is 0.616. The molecule has 0 bridgehead atoms. The number of benzene rings is 1. The summed E-state index contributed by atoms with van der Waals surface area (Å²) in [5, 5.41) is 4.19. The minimum Gasteiger partial charge on any atom is -0.375 e. The van der Waals surface area contributed by atoms with E-state index in [2.05, 4.69) is 38.1 Å². The highest BCUT2D eigenvalue weighted by atomic mass is 35.5. The third-order valence-corrected chi connectivity index (χ3v) is 5.13. The Morgan fingerprint density at radius 2 is 2.21 bits per heavy atom. The second-order valence-corrected chi connectivity index (χ2v) is 7.41. The molecule has 1 aromatic heterocycles. The van der Waals surface area contributed by atoms with Crippen LogP contribution in [0.3, 0.4) is 0 Å². The Bertz CT molecular complexity index is 813. The van der Waals surface area contributed by atoms with E-state index >= 15 is 0 Å². The van der Waals surface area contributed by atoms with E-state index < -0.39 is 0 Å². The molecule has 7 heteroatoms. The van der Waals surface area contributed by atoms with Crippen molar-refractivity contribution in [1.82, 2.24) is 15.2 Å². The van der Waals surface area contributed by atoms with Crippen LogP contribution in [0.1, 0.15) is 18.1 Å². The largest absolute Gasteiger partial charge is 0.375 e. The molecule has 0 saturated carbocycles. The van der Waals surface area contributed by atoms with Crippen LogP contribution in [0.4, 0.5) is 5.82 Å². The normalized spacial score (nSPS) is 17.5. The summed E-state index contributed by atoms with van der Waals surface area (Å²) in [4.78, 5) is 13.3. The smallest absolute Gasteiger partial charge is 0.193 e. The van der Waals surface area contributed by atoms with E-state index in [4.69, 9.17) is 16.3 Å². The molecule has 1 fully saturated rings. The van der Waals surface area contributed by atoms with E-state index in [1.54, 1.807) is 7.05 Å². The summed E-state index contributed by atoms with van der Waals surface area (Å²) >= 11 is 6.28. The van der Waals surface area contributed by atoms with Crippen molar-refractivity contribution < 1.29 is 4.74 Å². The van der Waals surface area contributed by atoms with Gasteiger partial charge in [-0.1, -0.05) is 29.8 Å². The molecule has 2 heterocycles. The van der Waals surface area contributed by atoms with Crippen molar-refractivity contribution in [3.05, 3.63) is 58.7 Å². The molecule has 1 unspecified atom stereocenters. The molecular formula is C21H28ClN5O. The van der Waals surface area contributed by atoms with E-state index in [0.717, 1.165) is 47.6 Å². The summed E-state index contributed by atoms with van der Waals surface area (Å²) in [6, 6.07) is 12.0. The first-order valence-electron chi connectivity index (χ1n) is 9.53. The van der Waals surface area contributed by atoms with Crippen molar-refractivity contribution in [2.45, 2.75) is 26.1 Å². The predicted octanol–water partition coefficient (Wildman–Crippen LogP) is 3.17. The SMILES string of the molecule is CN=C(NCc1ccnc(N2CCOC(C)C2)c1)N(C)Cc1ccccc1Cl. The molecule has 6 nitrogen and oxygen atoms in total. The van der Waals surface area contributed by atoms with Crippen LogP contribution < -0.4 is 10.2 Å². The van der Waals surface area contributed by atoms with Gasteiger partial charge in [-0.25, -0.2) is 4.98 Å². The van der Waals surface area contributed by atoms with Gasteiger partial charge in [-0.05, 0) is 36.2 Å². The second-order valence-electron chi connectivity index (χ2n) is 7.00. The molecule has 0 aliphatic carbocycles. The number of nitrogens with zero attached hydrogens (tertiary/aromatic N) is 4. The van der Waals surface area contributed by atoms with Crippen LogP contribution in [-0.4, -0.2) is 55.7 Å². The highest BCUT2D eigenvalue weighted by Gasteiger charge is 2.18. The standard InChI is InChI=1S/C21H28ClN5O/c1-16-14-27(10-11-28-16)20-12-17(8-9-24-20)13-25-21(23-2)26(3)15-18-6-4-5-7-19(18)22/h4-9,12,16H,10-11,13-15H2,1-3H3,(H,23,25). The van der Waals surface area contributed by atoms with Gasteiger partial charge in [0.05, 0.1) is 12.7 Å². The van der Waals surface area contributed by atoms with Crippen molar-refractivity contribution in [3.8, 4) is 0 Å². The Labute approximate surface area is 172 Å². The monoisotopic (exact) mass is 401 g/mol. The van der Waals surface area contributed by atoms with Crippen molar-refractivity contribution in [3.63, 3.8) is 0 Å². The lowest BCUT2D eigenvalue weighted by molar-refractivity contribution is 0.0529. The minimum absolute atomic E-state index is 0.231. The molecule has 3 rings (SSSR count). The van der Waals surface area contributed by atoms with Gasteiger partial charge in [0.25, 0.3) is 0 Å². The van der Waals surface area contributed by atoms with Gasteiger partial charge in [-0.2, -0.15) is 0 Å². The van der Waals surface area contributed by atoms with Gasteiger partial charge >= 0.3 is 0 Å². The van der Waals surface area contributed by atoms with Crippen LogP contribution in [0.5, 0.6) is 0 Å². The summed E-state index contributed by atoms with van der Waals surface area (Å²) in [7, 11) is 3.80. The van der Waals surface area contributed by atoms with Crippen LogP contribution >= 0.6 is 11.6 Å². The van der Waals surface area contributed by atoms with Crippen LogP contribution in [0.2, 0.25) is 5.02 Å². The van der Waals surface area contributed by atoms with E-state index in [-0.39, 0.29) is 6.10 Å². The molecule has 150 valence electrons. The van der Waals surface area contributed by atoms with Crippen molar-refractivity contribution in [2.24, 2.45) is 4.99 Å². The molecule has 1 aliphatic heterocycles. The number of aromatic nitrogens is 1. The molecule has 1 saturated heterocycles. The third kappa shape index (κ3) is 5.36. The number of guanidine groups is 1. The number of halogens is 1. The van der Waals surface area contributed by atoms with Crippen molar-refractivity contribution >= 4 is 23.4 Å². The number of aliphatic imine (C=N–C) groups is 1. The highest BCUT2D eigenvalue weighted by Crippen LogP contribution is 2.18. The van der Waals surface area contributed by atoms with Crippen molar-refractivity contribution in [1.29, 1.82) is 0 Å². The van der Waals surface area contributed by atoms with Gasteiger partial charge in [0.1, 0.15) is 5.82 Å². The first kappa shape index (κ1) is 20.4. The zero-order chi connectivity index (χ0) is 19.9. The summed E-state index contributed by atoms with van der Waals surface area (Å²) in [6.45, 7) is 5.94. The fraction of sp³-hybridized carbons (Fsp3) is 0.429. The van der Waals surface area contributed by atoms with E-state index in [9.17, 15) is 0 Å². The zero-order valence-corrected chi connectivity index (χ0v) is 17.5. The number of anilines is 1. The van der Waals surface area contributed by atoms with Crippen molar-refractivity contribution in [2.75, 3.05) is 38.7 Å². The molecule has 0 spiro atoms. The topological polar surface area (TPSA) is 53.0 Å². The minimum atomic E-state index is 0.231. The molecule has 1 aliphatic rings. The maximum atomic E-state index is 6.28. The number of ether oxygens (including phenoxy) is 1. The number of morpholine rings is 1. The lowest BCUT2D eigenvalue weighted by Crippen LogP contribution is -2.41. The molecule has 28 heavy (non-hydrogen) atoms. The summed E-state index contributed by atoms with van der Waals surface area (Å²) in [6.07, 6.45) is 2.09. The Kier molecular flexibility index (Phi) is 7.12. The lowest BCUT2D eigenvalue weighted by Gasteiger charge is -2.32. The van der Waals surface area contributed by atoms with E-state index in [0.29, 0.717) is 13.1 Å². The maximum Gasteiger partial charge on any atom is 0.193 e. The summed E-state index contributed by atoms with van der Waals surface area (Å²) in [5.41, 5.74) is 2.23. The molecule has 1 N–H and O–H groups in total. The van der Waals surface area contributed by atoms with E-state index in [1.807, 2.05) is 43.6 Å². The van der Waals surface area contributed by atoms with Gasteiger partial charge in [0, 0.05) is 51.5 Å². The predicted molar refractivity (Wildman–Crippen MR) is 115 cm³/mol. The van der Waals surface area contributed by atoms with Gasteiger partial charge in [0.15, 0.2) is 5.96 Å². The number of pyridine rings is 1. The van der Waals surface area contributed by atoms with Crippen LogP contribution in [0.25, 0.3) is 0 Å². The van der Waals surface area contributed by atoms with Gasteiger partial charge in [-0.3, -0.25) is 4.99 Å². The van der Waals surface area contributed by atoms with Crippen LogP contribution in [-0.2, 0) is 17.8 Å². The van der Waals surface area contributed by atoms with Gasteiger partial charge in [-0.15, -0.1) is 0 Å². The fourth-order valence-corrected chi connectivity index (χ4v) is 3.49. The third-order valence-electron chi connectivity index (χ3n) is 4.76. The van der Waals surface area contributed by atoms with Crippen LogP contribution in [0.15, 0.2) is 47.6 Å². The first-order valence-corrected chi connectivity index (χ1v) is 9.91. The molecule has 2 aromatic rings. The van der Waals surface area contributed by atoms with Gasteiger partial charge in [0.2, 0.25) is 0 Å². The lowest BCUT2D eigenvalue weighted by atomic mass is 10.2. The second kappa shape index (κ2) is 9.75. The number of nitrogens with one attached hydrogen (secondary N) is 1. The average Bonchev–Trinajstić information content (AvgIpc) is 2.70. The molecule has 0 radical (unpaired) electrons. The number of hydrogen-bond acceptors (Lipinski definition) is 4. The zero-order valence-electron chi connectivity index (χ0n) is 16.7. The summed E-state index contributed by atoms with van der Waals surface area (Å²) < 4.78 is 5.62. The number of hydrogen-bond donors (Lipinski definition) is 1. The van der Waals surface area contributed by atoms with Gasteiger partial charge < -0.3 is 19.9 Å². The Hall–Kier alpha value is -2.31. The first-order chi connectivity index (χ1) is 13.6. The molecular weight excluding hydrogens is 374 g/mol. The molecule has 0 amide bonds. The molecule has 1 atom stereocenters. The maximum absolute atomic E-state index is 6.28. The average molecular weight is 402 g/mol. The van der Waals surface area contributed by atoms with E-state index in [1.165, 1.54) is 0 Å². The Balaban J connectivity index is 1.60. The highest BCUT2D eigenvalue weighted by molar-refractivity contribution is 6.31. The fourth-order valence-electron chi connectivity index (χ4n) is 3.29. The summed E-state index contributed by atoms with van der Waals surface area (Å²) in [5.74, 6) is 1.81. The van der Waals surface area contributed by atoms with Crippen LogP contribution in [0, 0.1) is 0 Å².